The number of para-hydroxylation sites is 2. The average Bonchev–Trinajstić information content (AvgIpc) is 3.18. The predicted octanol–water partition coefficient (Wildman–Crippen LogP) is 0.236. The SMILES string of the molecule is Cn1ccnc1C1CNCCN1C(=O)Cn1c(=O)[nH]c2ccccc21. The summed E-state index contributed by atoms with van der Waals surface area (Å²) in [6.45, 7) is 1.99. The van der Waals surface area contributed by atoms with Crippen molar-refractivity contribution in [1.29, 1.82) is 0 Å². The second kappa shape index (κ2) is 6.21. The van der Waals surface area contributed by atoms with Gasteiger partial charge in [0.1, 0.15) is 18.4 Å². The van der Waals surface area contributed by atoms with Crippen molar-refractivity contribution in [1.82, 2.24) is 29.3 Å². The molecule has 130 valence electrons. The summed E-state index contributed by atoms with van der Waals surface area (Å²) >= 11 is 0. The number of fused-ring (bicyclic) bond motifs is 1. The van der Waals surface area contributed by atoms with Crippen molar-refractivity contribution in [2.75, 3.05) is 19.6 Å². The third kappa shape index (κ3) is 2.74. The summed E-state index contributed by atoms with van der Waals surface area (Å²) < 4.78 is 3.42. The first-order valence-electron chi connectivity index (χ1n) is 8.30. The highest BCUT2D eigenvalue weighted by molar-refractivity contribution is 5.80. The molecule has 25 heavy (non-hydrogen) atoms. The molecule has 1 aromatic carbocycles. The number of hydrogen-bond donors (Lipinski definition) is 2. The Morgan fingerprint density at radius 1 is 1.36 bits per heavy atom. The number of carbonyl (C=O) groups is 1. The Kier molecular flexibility index (Phi) is 3.89. The average molecular weight is 340 g/mol. The molecular formula is C17H20N6O2. The predicted molar refractivity (Wildman–Crippen MR) is 93.1 cm³/mol. The van der Waals surface area contributed by atoms with Crippen LogP contribution in [0.1, 0.15) is 11.9 Å². The normalized spacial score (nSPS) is 18.0. The topological polar surface area (TPSA) is 87.9 Å². The number of aryl methyl sites for hydroxylation is 1. The Morgan fingerprint density at radius 3 is 3.00 bits per heavy atom. The van der Waals surface area contributed by atoms with Gasteiger partial charge < -0.3 is 19.8 Å². The molecule has 1 saturated heterocycles. The molecule has 3 aromatic rings. The van der Waals surface area contributed by atoms with E-state index in [1.54, 1.807) is 6.20 Å². The first kappa shape index (κ1) is 15.6. The van der Waals surface area contributed by atoms with E-state index in [9.17, 15) is 9.59 Å². The molecule has 1 fully saturated rings. The number of piperazine rings is 1. The lowest BCUT2D eigenvalue weighted by Gasteiger charge is -2.35. The van der Waals surface area contributed by atoms with E-state index in [0.29, 0.717) is 13.1 Å². The van der Waals surface area contributed by atoms with Crippen molar-refractivity contribution in [2.45, 2.75) is 12.6 Å². The summed E-state index contributed by atoms with van der Waals surface area (Å²) in [6.07, 6.45) is 3.60. The van der Waals surface area contributed by atoms with E-state index in [4.69, 9.17) is 0 Å². The molecule has 1 amide bonds. The zero-order valence-electron chi connectivity index (χ0n) is 14.0. The van der Waals surface area contributed by atoms with Gasteiger partial charge in [-0.1, -0.05) is 12.1 Å². The molecule has 1 unspecified atom stereocenters. The molecule has 2 aromatic heterocycles. The van der Waals surface area contributed by atoms with Crippen LogP contribution in [0, 0.1) is 0 Å². The second-order valence-electron chi connectivity index (χ2n) is 6.24. The monoisotopic (exact) mass is 340 g/mol. The molecule has 0 spiro atoms. The van der Waals surface area contributed by atoms with Gasteiger partial charge in [0.05, 0.1) is 11.0 Å². The van der Waals surface area contributed by atoms with Gasteiger partial charge in [0.15, 0.2) is 0 Å². The minimum Gasteiger partial charge on any atom is -0.336 e. The maximum absolute atomic E-state index is 13.0. The number of imidazole rings is 2. The minimum atomic E-state index is -0.266. The maximum Gasteiger partial charge on any atom is 0.326 e. The van der Waals surface area contributed by atoms with Crippen LogP contribution in [0.25, 0.3) is 11.0 Å². The third-order valence-corrected chi connectivity index (χ3v) is 4.70. The van der Waals surface area contributed by atoms with Gasteiger partial charge in [0.25, 0.3) is 0 Å². The summed E-state index contributed by atoms with van der Waals surface area (Å²) in [6, 6.07) is 7.26. The highest BCUT2D eigenvalue weighted by atomic mass is 16.2. The lowest BCUT2D eigenvalue weighted by Crippen LogP contribution is -2.50. The van der Waals surface area contributed by atoms with Crippen molar-refractivity contribution in [3.8, 4) is 0 Å². The Hall–Kier alpha value is -2.87. The molecule has 3 heterocycles. The number of aromatic amines is 1. The molecule has 1 atom stereocenters. The molecule has 1 aliphatic rings. The fourth-order valence-electron chi connectivity index (χ4n) is 3.42. The standard InChI is InChI=1S/C17H20N6O2/c1-21-8-7-19-16(21)14-10-18-6-9-22(14)15(24)11-23-13-5-3-2-4-12(13)20-17(23)25/h2-5,7-8,14,18H,6,9-11H2,1H3,(H,20,25). The van der Waals surface area contributed by atoms with Gasteiger partial charge in [-0.2, -0.15) is 0 Å². The Bertz CT molecular complexity index is 969. The quantitative estimate of drug-likeness (QED) is 0.715. The molecule has 1 aliphatic heterocycles. The van der Waals surface area contributed by atoms with E-state index in [2.05, 4.69) is 15.3 Å². The van der Waals surface area contributed by atoms with Crippen LogP contribution in [0.3, 0.4) is 0 Å². The fraction of sp³-hybridized carbons (Fsp3) is 0.353. The molecule has 0 radical (unpaired) electrons. The Labute approximate surface area is 144 Å². The highest BCUT2D eigenvalue weighted by Gasteiger charge is 2.30. The summed E-state index contributed by atoms with van der Waals surface area (Å²) in [7, 11) is 1.92. The van der Waals surface area contributed by atoms with Crippen LogP contribution >= 0.6 is 0 Å². The Morgan fingerprint density at radius 2 is 2.20 bits per heavy atom. The Balaban J connectivity index is 1.64. The molecule has 8 nitrogen and oxygen atoms in total. The smallest absolute Gasteiger partial charge is 0.326 e. The zero-order valence-corrected chi connectivity index (χ0v) is 14.0. The molecule has 4 rings (SSSR count). The first-order valence-corrected chi connectivity index (χ1v) is 8.30. The molecule has 2 N–H and O–H groups in total. The maximum atomic E-state index is 13.0. The van der Waals surface area contributed by atoms with E-state index < -0.39 is 0 Å². The van der Waals surface area contributed by atoms with Crippen LogP contribution < -0.4 is 11.0 Å². The van der Waals surface area contributed by atoms with Crippen LogP contribution in [0.5, 0.6) is 0 Å². The number of rotatable bonds is 3. The number of aromatic nitrogens is 4. The number of amides is 1. The number of H-pyrrole nitrogens is 1. The van der Waals surface area contributed by atoms with E-state index >= 15 is 0 Å². The summed E-state index contributed by atoms with van der Waals surface area (Å²) in [5, 5.41) is 3.31. The highest BCUT2D eigenvalue weighted by Crippen LogP contribution is 2.21. The van der Waals surface area contributed by atoms with Crippen molar-refractivity contribution >= 4 is 16.9 Å². The van der Waals surface area contributed by atoms with Gasteiger partial charge >= 0.3 is 5.69 Å². The number of hydrogen-bond acceptors (Lipinski definition) is 4. The van der Waals surface area contributed by atoms with Crippen molar-refractivity contribution in [3.63, 3.8) is 0 Å². The van der Waals surface area contributed by atoms with Crippen molar-refractivity contribution in [3.05, 3.63) is 53.0 Å². The van der Waals surface area contributed by atoms with Crippen molar-refractivity contribution in [2.24, 2.45) is 7.05 Å². The van der Waals surface area contributed by atoms with E-state index in [-0.39, 0.29) is 24.2 Å². The summed E-state index contributed by atoms with van der Waals surface area (Å²) in [5.41, 5.74) is 1.21. The lowest BCUT2D eigenvalue weighted by atomic mass is 10.1. The third-order valence-electron chi connectivity index (χ3n) is 4.70. The van der Waals surface area contributed by atoms with Gasteiger partial charge in [-0.15, -0.1) is 0 Å². The molecule has 8 heteroatoms. The van der Waals surface area contributed by atoms with Gasteiger partial charge in [-0.3, -0.25) is 9.36 Å². The second-order valence-corrected chi connectivity index (χ2v) is 6.24. The largest absolute Gasteiger partial charge is 0.336 e. The molecule has 0 bridgehead atoms. The van der Waals surface area contributed by atoms with Crippen LogP contribution in [0.15, 0.2) is 41.5 Å². The van der Waals surface area contributed by atoms with Crippen LogP contribution in [-0.2, 0) is 18.4 Å². The van der Waals surface area contributed by atoms with Gasteiger partial charge in [0.2, 0.25) is 5.91 Å². The van der Waals surface area contributed by atoms with E-state index in [1.165, 1.54) is 4.57 Å². The zero-order chi connectivity index (χ0) is 17.4. The summed E-state index contributed by atoms with van der Waals surface area (Å²) in [4.78, 5) is 34.2. The fourth-order valence-corrected chi connectivity index (χ4v) is 3.42. The lowest BCUT2D eigenvalue weighted by molar-refractivity contribution is -0.135. The first-order chi connectivity index (χ1) is 12.1. The summed E-state index contributed by atoms with van der Waals surface area (Å²) in [5.74, 6) is 0.758. The molecule has 0 saturated carbocycles. The number of carbonyl (C=O) groups excluding carboxylic acids is 1. The number of nitrogens with one attached hydrogen (secondary N) is 2. The van der Waals surface area contributed by atoms with Crippen LogP contribution in [0.2, 0.25) is 0 Å². The van der Waals surface area contributed by atoms with Gasteiger partial charge in [0, 0.05) is 39.1 Å². The molecular weight excluding hydrogens is 320 g/mol. The molecule has 0 aliphatic carbocycles. The van der Waals surface area contributed by atoms with Gasteiger partial charge in [-0.25, -0.2) is 9.78 Å². The van der Waals surface area contributed by atoms with Gasteiger partial charge in [-0.05, 0) is 12.1 Å². The number of nitrogens with zero attached hydrogens (tertiary/aromatic N) is 4. The van der Waals surface area contributed by atoms with E-state index in [0.717, 1.165) is 23.4 Å². The minimum absolute atomic E-state index is 0.0176. The number of benzene rings is 1. The van der Waals surface area contributed by atoms with E-state index in [1.807, 2.05) is 47.0 Å². The van der Waals surface area contributed by atoms with Crippen LogP contribution in [-0.4, -0.2) is 49.5 Å². The van der Waals surface area contributed by atoms with Crippen molar-refractivity contribution < 1.29 is 4.79 Å². The van der Waals surface area contributed by atoms with Crippen LogP contribution in [0.4, 0.5) is 0 Å².